The van der Waals surface area contributed by atoms with Crippen LogP contribution in [0.5, 0.6) is 5.75 Å². The topological polar surface area (TPSA) is 74.8 Å². The third kappa shape index (κ3) is 10.0. The van der Waals surface area contributed by atoms with Gasteiger partial charge in [-0.2, -0.15) is 8.78 Å². The number of amides is 1. The van der Waals surface area contributed by atoms with Crippen molar-refractivity contribution in [1.29, 1.82) is 0 Å². The van der Waals surface area contributed by atoms with Gasteiger partial charge in [-0.15, -0.1) is 24.0 Å². The summed E-state index contributed by atoms with van der Waals surface area (Å²) in [6.07, 6.45) is 0. The van der Waals surface area contributed by atoms with Crippen LogP contribution < -0.4 is 20.7 Å². The Hall–Kier alpha value is -1.65. The number of ether oxygens (including phenoxy) is 1. The minimum atomic E-state index is -2.88. The van der Waals surface area contributed by atoms with Gasteiger partial charge in [0.05, 0.1) is 6.54 Å². The van der Waals surface area contributed by atoms with Gasteiger partial charge in [0.1, 0.15) is 5.75 Å². The quantitative estimate of drug-likeness (QED) is 0.236. The Morgan fingerprint density at radius 2 is 1.92 bits per heavy atom. The lowest BCUT2D eigenvalue weighted by molar-refractivity contribution is -0.118. The largest absolute Gasteiger partial charge is 0.434 e. The molecule has 0 atom stereocenters. The zero-order chi connectivity index (χ0) is 17.9. The molecule has 1 aromatic carbocycles. The van der Waals surface area contributed by atoms with Crippen molar-refractivity contribution < 1.29 is 18.3 Å². The van der Waals surface area contributed by atoms with Crippen molar-refractivity contribution in [1.82, 2.24) is 16.0 Å². The molecule has 1 rings (SSSR count). The lowest BCUT2D eigenvalue weighted by atomic mass is 10.1. The van der Waals surface area contributed by atoms with Gasteiger partial charge in [0.25, 0.3) is 0 Å². The normalized spacial score (nSPS) is 10.9. The fraction of sp³-hybridized carbons (Fsp3) is 0.500. The van der Waals surface area contributed by atoms with E-state index in [2.05, 4.69) is 25.7 Å². The molecular formula is C16H25F2IN4O2. The number of halogens is 3. The van der Waals surface area contributed by atoms with Crippen LogP contribution in [0.25, 0.3) is 0 Å². The van der Waals surface area contributed by atoms with E-state index in [0.29, 0.717) is 31.2 Å². The molecule has 1 amide bonds. The molecule has 0 aromatic heterocycles. The number of alkyl halides is 2. The first-order valence-electron chi connectivity index (χ1n) is 7.73. The second-order valence-corrected chi connectivity index (χ2v) is 5.09. The van der Waals surface area contributed by atoms with E-state index in [9.17, 15) is 13.6 Å². The molecule has 0 bridgehead atoms. The van der Waals surface area contributed by atoms with Gasteiger partial charge in [-0.25, -0.2) is 4.99 Å². The molecule has 0 unspecified atom stereocenters. The highest BCUT2D eigenvalue weighted by Crippen LogP contribution is 2.22. The predicted octanol–water partition coefficient (Wildman–Crippen LogP) is 2.41. The number of hydrogen-bond donors (Lipinski definition) is 3. The van der Waals surface area contributed by atoms with Crippen LogP contribution in [0.4, 0.5) is 8.78 Å². The van der Waals surface area contributed by atoms with Crippen LogP contribution in [0.1, 0.15) is 25.0 Å². The zero-order valence-corrected chi connectivity index (χ0v) is 16.9. The van der Waals surface area contributed by atoms with E-state index in [0.717, 1.165) is 5.56 Å². The summed E-state index contributed by atoms with van der Waals surface area (Å²) in [5.74, 6) is 0.549. The molecule has 0 aliphatic heterocycles. The van der Waals surface area contributed by atoms with Crippen molar-refractivity contribution in [2.75, 3.05) is 19.6 Å². The van der Waals surface area contributed by atoms with E-state index in [1.54, 1.807) is 12.1 Å². The number of aliphatic imine (C=N–C) groups is 1. The van der Waals surface area contributed by atoms with Crippen LogP contribution in [0.2, 0.25) is 0 Å². The van der Waals surface area contributed by atoms with Gasteiger partial charge in [0.15, 0.2) is 5.96 Å². The van der Waals surface area contributed by atoms with Gasteiger partial charge < -0.3 is 20.7 Å². The van der Waals surface area contributed by atoms with Crippen molar-refractivity contribution in [3.8, 4) is 5.75 Å². The van der Waals surface area contributed by atoms with E-state index in [-0.39, 0.29) is 42.2 Å². The third-order valence-electron chi connectivity index (χ3n) is 2.98. The average Bonchev–Trinajstić information content (AvgIpc) is 2.50. The summed E-state index contributed by atoms with van der Waals surface area (Å²) in [4.78, 5) is 15.2. The lowest BCUT2D eigenvalue weighted by Crippen LogP contribution is -2.41. The maximum absolute atomic E-state index is 12.5. The molecule has 0 spiro atoms. The Labute approximate surface area is 163 Å². The van der Waals surface area contributed by atoms with Crippen LogP contribution in [0.15, 0.2) is 23.2 Å². The molecule has 25 heavy (non-hydrogen) atoms. The van der Waals surface area contributed by atoms with Gasteiger partial charge in [-0.3, -0.25) is 4.79 Å². The van der Waals surface area contributed by atoms with Gasteiger partial charge in [0.2, 0.25) is 5.91 Å². The van der Waals surface area contributed by atoms with Crippen molar-refractivity contribution in [2.45, 2.75) is 33.9 Å². The van der Waals surface area contributed by atoms with E-state index >= 15 is 0 Å². The number of carbonyl (C=O) groups excluding carboxylic acids is 1. The standard InChI is InChI=1S/C16H24F2N4O2.HI/c1-4-19-16(21-8-7-20-12(3)23)22-10-13-9-11(2)5-6-14(13)24-15(17)18;/h5-6,9,15H,4,7-8,10H2,1-3H3,(H,20,23)(H2,19,21,22);1H. The summed E-state index contributed by atoms with van der Waals surface area (Å²) >= 11 is 0. The molecule has 0 aliphatic rings. The Morgan fingerprint density at radius 1 is 1.24 bits per heavy atom. The average molecular weight is 470 g/mol. The highest BCUT2D eigenvalue weighted by molar-refractivity contribution is 14.0. The Morgan fingerprint density at radius 3 is 2.52 bits per heavy atom. The number of guanidine groups is 1. The SMILES string of the molecule is CCNC(=NCc1cc(C)ccc1OC(F)F)NCCNC(C)=O.I. The molecule has 3 N–H and O–H groups in total. The highest BCUT2D eigenvalue weighted by atomic mass is 127. The van der Waals surface area contributed by atoms with Crippen molar-refractivity contribution in [3.63, 3.8) is 0 Å². The second-order valence-electron chi connectivity index (χ2n) is 5.09. The predicted molar refractivity (Wildman–Crippen MR) is 105 cm³/mol. The summed E-state index contributed by atoms with van der Waals surface area (Å²) in [6.45, 7) is 4.17. The first-order valence-corrected chi connectivity index (χ1v) is 7.73. The number of nitrogens with zero attached hydrogens (tertiary/aromatic N) is 1. The third-order valence-corrected chi connectivity index (χ3v) is 2.98. The first kappa shape index (κ1) is 23.4. The first-order chi connectivity index (χ1) is 11.4. The smallest absolute Gasteiger partial charge is 0.387 e. The second kappa shape index (κ2) is 12.7. The van der Waals surface area contributed by atoms with Crippen LogP contribution in [-0.4, -0.2) is 38.1 Å². The number of benzene rings is 1. The fourth-order valence-corrected chi connectivity index (χ4v) is 1.97. The number of aryl methyl sites for hydroxylation is 1. The molecule has 0 heterocycles. The van der Waals surface area contributed by atoms with E-state index in [4.69, 9.17) is 0 Å². The van der Waals surface area contributed by atoms with Crippen LogP contribution in [0, 0.1) is 6.92 Å². The van der Waals surface area contributed by atoms with Crippen molar-refractivity contribution in [2.24, 2.45) is 4.99 Å². The Kier molecular flexibility index (Phi) is 11.8. The molecule has 9 heteroatoms. The maximum Gasteiger partial charge on any atom is 0.387 e. The number of nitrogens with one attached hydrogen (secondary N) is 3. The molecule has 0 saturated heterocycles. The van der Waals surface area contributed by atoms with Gasteiger partial charge in [-0.05, 0) is 19.9 Å². The minimum absolute atomic E-state index is 0. The summed E-state index contributed by atoms with van der Waals surface area (Å²) in [6, 6.07) is 4.99. The monoisotopic (exact) mass is 470 g/mol. The zero-order valence-electron chi connectivity index (χ0n) is 14.6. The molecule has 142 valence electrons. The number of carbonyl (C=O) groups is 1. The molecule has 0 saturated carbocycles. The van der Waals surface area contributed by atoms with E-state index < -0.39 is 6.61 Å². The van der Waals surface area contributed by atoms with Gasteiger partial charge >= 0.3 is 6.61 Å². The van der Waals surface area contributed by atoms with Crippen molar-refractivity contribution >= 4 is 35.8 Å². The van der Waals surface area contributed by atoms with Crippen LogP contribution in [-0.2, 0) is 11.3 Å². The van der Waals surface area contributed by atoms with Crippen LogP contribution in [0.3, 0.4) is 0 Å². The number of rotatable bonds is 8. The van der Waals surface area contributed by atoms with Crippen molar-refractivity contribution in [3.05, 3.63) is 29.3 Å². The highest BCUT2D eigenvalue weighted by Gasteiger charge is 2.10. The molecule has 0 aliphatic carbocycles. The van der Waals surface area contributed by atoms with E-state index in [1.807, 2.05) is 13.8 Å². The molecule has 0 fully saturated rings. The summed E-state index contributed by atoms with van der Waals surface area (Å²) in [5.41, 5.74) is 1.51. The van der Waals surface area contributed by atoms with Gasteiger partial charge in [-0.1, -0.05) is 17.7 Å². The Balaban J connectivity index is 0.00000576. The molecular weight excluding hydrogens is 445 g/mol. The Bertz CT molecular complexity index is 571. The summed E-state index contributed by atoms with van der Waals surface area (Å²) in [7, 11) is 0. The fourth-order valence-electron chi connectivity index (χ4n) is 1.97. The lowest BCUT2D eigenvalue weighted by Gasteiger charge is -2.13. The minimum Gasteiger partial charge on any atom is -0.434 e. The molecule has 6 nitrogen and oxygen atoms in total. The molecule has 1 aromatic rings. The number of hydrogen-bond acceptors (Lipinski definition) is 3. The van der Waals surface area contributed by atoms with E-state index in [1.165, 1.54) is 13.0 Å². The maximum atomic E-state index is 12.5. The molecule has 0 radical (unpaired) electrons. The van der Waals surface area contributed by atoms with Gasteiger partial charge in [0, 0.05) is 32.1 Å². The summed E-state index contributed by atoms with van der Waals surface area (Å²) in [5, 5.41) is 8.78. The summed E-state index contributed by atoms with van der Waals surface area (Å²) < 4.78 is 29.5. The van der Waals surface area contributed by atoms with Crippen LogP contribution >= 0.6 is 24.0 Å².